The van der Waals surface area contributed by atoms with Crippen molar-refractivity contribution in [3.63, 3.8) is 0 Å². The van der Waals surface area contributed by atoms with Crippen LogP contribution in [0.4, 0.5) is 16.3 Å². The predicted molar refractivity (Wildman–Crippen MR) is 80.8 cm³/mol. The molecular formula is C13H11BrClN3O. The van der Waals surface area contributed by atoms with E-state index in [0.29, 0.717) is 16.5 Å². The van der Waals surface area contributed by atoms with Crippen LogP contribution < -0.4 is 10.6 Å². The molecule has 0 unspecified atom stereocenters. The Bertz CT molecular complexity index is 619. The minimum atomic E-state index is -0.364. The highest BCUT2D eigenvalue weighted by Crippen LogP contribution is 2.18. The highest BCUT2D eigenvalue weighted by Gasteiger charge is 2.05. The summed E-state index contributed by atoms with van der Waals surface area (Å²) in [6, 6.07) is 8.34. The first-order valence-corrected chi connectivity index (χ1v) is 6.67. The Morgan fingerprint density at radius 2 is 2.11 bits per heavy atom. The van der Waals surface area contributed by atoms with Crippen molar-refractivity contribution in [3.8, 4) is 0 Å². The molecule has 4 nitrogen and oxygen atoms in total. The third kappa shape index (κ3) is 3.94. The Hall–Kier alpha value is -1.59. The van der Waals surface area contributed by atoms with Crippen molar-refractivity contribution in [1.82, 2.24) is 4.98 Å². The fourth-order valence-corrected chi connectivity index (χ4v) is 1.86. The van der Waals surface area contributed by atoms with Crippen molar-refractivity contribution in [2.45, 2.75) is 6.92 Å². The summed E-state index contributed by atoms with van der Waals surface area (Å²) in [4.78, 5) is 15.9. The Morgan fingerprint density at radius 3 is 2.79 bits per heavy atom. The zero-order valence-corrected chi connectivity index (χ0v) is 12.4. The minimum absolute atomic E-state index is 0.364. The van der Waals surface area contributed by atoms with Crippen LogP contribution in [0.5, 0.6) is 0 Å². The van der Waals surface area contributed by atoms with E-state index >= 15 is 0 Å². The highest BCUT2D eigenvalue weighted by atomic mass is 79.9. The van der Waals surface area contributed by atoms with Gasteiger partial charge in [0.1, 0.15) is 5.82 Å². The number of carbonyl (C=O) groups excluding carboxylic acids is 1. The van der Waals surface area contributed by atoms with Gasteiger partial charge in [-0.1, -0.05) is 17.7 Å². The van der Waals surface area contributed by atoms with Crippen molar-refractivity contribution < 1.29 is 4.79 Å². The second-order valence-corrected chi connectivity index (χ2v) is 5.20. The number of urea groups is 1. The lowest BCUT2D eigenvalue weighted by Gasteiger charge is -2.08. The van der Waals surface area contributed by atoms with Crippen LogP contribution in [0, 0.1) is 6.92 Å². The summed E-state index contributed by atoms with van der Waals surface area (Å²) in [6.07, 6.45) is 1.64. The summed E-state index contributed by atoms with van der Waals surface area (Å²) in [6.45, 7) is 1.92. The summed E-state index contributed by atoms with van der Waals surface area (Å²) >= 11 is 9.19. The van der Waals surface area contributed by atoms with Crippen LogP contribution in [0.25, 0.3) is 0 Å². The molecule has 1 aromatic carbocycles. The molecule has 2 amide bonds. The molecule has 0 aliphatic rings. The van der Waals surface area contributed by atoms with Crippen LogP contribution in [-0.2, 0) is 0 Å². The van der Waals surface area contributed by atoms with E-state index < -0.39 is 0 Å². The zero-order chi connectivity index (χ0) is 13.8. The summed E-state index contributed by atoms with van der Waals surface area (Å²) in [7, 11) is 0. The van der Waals surface area contributed by atoms with Gasteiger partial charge < -0.3 is 5.32 Å². The maximum atomic E-state index is 11.8. The fraction of sp³-hybridized carbons (Fsp3) is 0.0769. The first-order valence-electron chi connectivity index (χ1n) is 5.50. The van der Waals surface area contributed by atoms with Crippen LogP contribution >= 0.6 is 27.5 Å². The lowest BCUT2D eigenvalue weighted by Crippen LogP contribution is -2.20. The summed E-state index contributed by atoms with van der Waals surface area (Å²) in [5.74, 6) is 0.486. The number of nitrogens with one attached hydrogen (secondary N) is 2. The van der Waals surface area contributed by atoms with Gasteiger partial charge in [0.2, 0.25) is 0 Å². The molecule has 19 heavy (non-hydrogen) atoms. The molecule has 0 aliphatic heterocycles. The van der Waals surface area contributed by atoms with Gasteiger partial charge in [-0.05, 0) is 52.7 Å². The molecule has 1 heterocycles. The van der Waals surface area contributed by atoms with E-state index in [-0.39, 0.29) is 6.03 Å². The number of amides is 2. The van der Waals surface area contributed by atoms with Gasteiger partial charge >= 0.3 is 6.03 Å². The van der Waals surface area contributed by atoms with Crippen molar-refractivity contribution in [2.75, 3.05) is 10.6 Å². The van der Waals surface area contributed by atoms with Gasteiger partial charge in [-0.15, -0.1) is 0 Å². The molecule has 1 aromatic heterocycles. The van der Waals surface area contributed by atoms with Crippen LogP contribution in [-0.4, -0.2) is 11.0 Å². The molecule has 0 saturated carbocycles. The maximum Gasteiger partial charge on any atom is 0.324 e. The van der Waals surface area contributed by atoms with Crippen molar-refractivity contribution >= 4 is 45.1 Å². The highest BCUT2D eigenvalue weighted by molar-refractivity contribution is 9.10. The zero-order valence-electron chi connectivity index (χ0n) is 10.1. The molecule has 0 radical (unpaired) electrons. The molecule has 0 atom stereocenters. The van der Waals surface area contributed by atoms with Crippen LogP contribution in [0.1, 0.15) is 5.56 Å². The van der Waals surface area contributed by atoms with Crippen LogP contribution in [0.2, 0.25) is 5.02 Å². The fourth-order valence-electron chi connectivity index (χ4n) is 1.45. The van der Waals surface area contributed by atoms with E-state index in [1.165, 1.54) is 0 Å². The number of carbonyl (C=O) groups is 1. The number of benzene rings is 1. The van der Waals surface area contributed by atoms with Gasteiger partial charge in [0.15, 0.2) is 0 Å². The average Bonchev–Trinajstić information content (AvgIpc) is 2.34. The largest absolute Gasteiger partial charge is 0.324 e. The van der Waals surface area contributed by atoms with Crippen molar-refractivity contribution in [1.29, 1.82) is 0 Å². The van der Waals surface area contributed by atoms with Gasteiger partial charge in [0.05, 0.1) is 0 Å². The molecule has 2 N–H and O–H groups in total. The summed E-state index contributed by atoms with van der Waals surface area (Å²) < 4.78 is 0.897. The minimum Gasteiger partial charge on any atom is -0.308 e. The van der Waals surface area contributed by atoms with Gasteiger partial charge in [-0.25, -0.2) is 9.78 Å². The SMILES string of the molecule is Cc1cc(NC(=O)Nc2cccc(Cl)c2)ncc1Br. The number of hydrogen-bond donors (Lipinski definition) is 2. The van der Waals surface area contributed by atoms with E-state index in [2.05, 4.69) is 31.5 Å². The predicted octanol–water partition coefficient (Wildman–Crippen LogP) is 4.45. The molecule has 0 bridgehead atoms. The van der Waals surface area contributed by atoms with E-state index in [1.54, 1.807) is 36.5 Å². The summed E-state index contributed by atoms with van der Waals surface area (Å²) in [5.41, 5.74) is 1.62. The number of nitrogens with zero attached hydrogens (tertiary/aromatic N) is 1. The molecule has 0 fully saturated rings. The van der Waals surface area contributed by atoms with E-state index in [1.807, 2.05) is 6.92 Å². The number of halogens is 2. The van der Waals surface area contributed by atoms with Crippen LogP contribution in [0.3, 0.4) is 0 Å². The Morgan fingerprint density at radius 1 is 1.32 bits per heavy atom. The normalized spacial score (nSPS) is 10.1. The molecule has 98 valence electrons. The molecule has 2 rings (SSSR count). The number of pyridine rings is 1. The summed E-state index contributed by atoms with van der Waals surface area (Å²) in [5, 5.41) is 5.90. The molecule has 0 spiro atoms. The standard InChI is InChI=1S/C13H11BrClN3O/c1-8-5-12(16-7-11(8)14)18-13(19)17-10-4-2-3-9(15)6-10/h2-7H,1H3,(H2,16,17,18,19). The monoisotopic (exact) mass is 339 g/mol. The van der Waals surface area contributed by atoms with Gasteiger partial charge in [0.25, 0.3) is 0 Å². The quantitative estimate of drug-likeness (QED) is 0.848. The molecule has 2 aromatic rings. The average molecular weight is 341 g/mol. The first-order chi connectivity index (χ1) is 9.04. The van der Waals surface area contributed by atoms with E-state index in [9.17, 15) is 4.79 Å². The lowest BCUT2D eigenvalue weighted by molar-refractivity contribution is 0.262. The smallest absolute Gasteiger partial charge is 0.308 e. The van der Waals surface area contributed by atoms with Crippen molar-refractivity contribution in [3.05, 3.63) is 51.6 Å². The number of hydrogen-bond acceptors (Lipinski definition) is 2. The number of rotatable bonds is 2. The molecule has 6 heteroatoms. The maximum absolute atomic E-state index is 11.8. The van der Waals surface area contributed by atoms with Crippen molar-refractivity contribution in [2.24, 2.45) is 0 Å². The van der Waals surface area contributed by atoms with E-state index in [4.69, 9.17) is 11.6 Å². The molecular weight excluding hydrogens is 330 g/mol. The lowest BCUT2D eigenvalue weighted by atomic mass is 10.3. The Labute approximate surface area is 124 Å². The number of aromatic nitrogens is 1. The Kier molecular flexibility index (Phi) is 4.39. The molecule has 0 aliphatic carbocycles. The second kappa shape index (κ2) is 6.04. The first kappa shape index (κ1) is 13.8. The third-order valence-corrected chi connectivity index (χ3v) is 3.44. The van der Waals surface area contributed by atoms with Crippen LogP contribution in [0.15, 0.2) is 41.0 Å². The third-order valence-electron chi connectivity index (χ3n) is 2.37. The van der Waals surface area contributed by atoms with Gasteiger partial charge in [-0.2, -0.15) is 0 Å². The molecule has 0 saturated heterocycles. The second-order valence-electron chi connectivity index (χ2n) is 3.91. The van der Waals surface area contributed by atoms with E-state index in [0.717, 1.165) is 10.0 Å². The Balaban J connectivity index is 2.03. The number of aryl methyl sites for hydroxylation is 1. The topological polar surface area (TPSA) is 54.0 Å². The van der Waals surface area contributed by atoms with Gasteiger partial charge in [0, 0.05) is 21.4 Å². The number of anilines is 2. The van der Waals surface area contributed by atoms with Gasteiger partial charge in [-0.3, -0.25) is 5.32 Å².